The van der Waals surface area contributed by atoms with Crippen molar-refractivity contribution in [2.45, 2.75) is 23.3 Å². The van der Waals surface area contributed by atoms with Crippen LogP contribution in [0.2, 0.25) is 5.02 Å². The molecule has 0 saturated carbocycles. The molecule has 33 heavy (non-hydrogen) atoms. The molecule has 0 aliphatic carbocycles. The second-order valence-electron chi connectivity index (χ2n) is 7.11. The number of hydrogen-bond acceptors (Lipinski definition) is 5. The summed E-state index contributed by atoms with van der Waals surface area (Å²) in [4.78, 5) is 30.3. The zero-order valence-corrected chi connectivity index (χ0v) is 21.4. The summed E-state index contributed by atoms with van der Waals surface area (Å²) in [5.41, 5.74) is 0.594. The van der Waals surface area contributed by atoms with Crippen molar-refractivity contribution in [2.24, 2.45) is 0 Å². The Bertz CT molecular complexity index is 1240. The van der Waals surface area contributed by atoms with Crippen LogP contribution in [0.1, 0.15) is 19.1 Å². The first kappa shape index (κ1) is 23.8. The average Bonchev–Trinajstić information content (AvgIpc) is 3.15. The van der Waals surface area contributed by atoms with E-state index in [-0.39, 0.29) is 10.7 Å². The molecule has 9 heteroatoms. The Morgan fingerprint density at radius 1 is 1.09 bits per heavy atom. The Labute approximate surface area is 214 Å². The van der Waals surface area contributed by atoms with Crippen LogP contribution < -0.4 is 4.90 Å². The molecule has 1 aromatic heterocycles. The summed E-state index contributed by atoms with van der Waals surface area (Å²) in [5.74, 6) is -0.534. The summed E-state index contributed by atoms with van der Waals surface area (Å²) in [6.07, 6.45) is 2.17. The topological polar surface area (TPSA) is 53.8 Å². The highest BCUT2D eigenvalue weighted by atomic mass is 79.9. The van der Waals surface area contributed by atoms with Gasteiger partial charge >= 0.3 is 0 Å². The number of anilines is 1. The molecule has 2 aromatic carbocycles. The van der Waals surface area contributed by atoms with E-state index in [1.807, 2.05) is 37.3 Å². The Morgan fingerprint density at radius 2 is 1.79 bits per heavy atom. The number of thiocarbonyl (C=S) groups is 1. The van der Waals surface area contributed by atoms with Gasteiger partial charge in [0.1, 0.15) is 11.3 Å². The molecule has 2 heterocycles. The summed E-state index contributed by atoms with van der Waals surface area (Å²) >= 11 is 16.4. The van der Waals surface area contributed by atoms with Crippen molar-refractivity contribution >= 4 is 80.2 Å². The molecule has 2 amide bonds. The lowest BCUT2D eigenvalue weighted by atomic mass is 10.1. The zero-order chi connectivity index (χ0) is 23.5. The van der Waals surface area contributed by atoms with Gasteiger partial charge in [0.05, 0.1) is 10.2 Å². The lowest BCUT2D eigenvalue weighted by molar-refractivity contribution is -0.127. The molecule has 1 saturated heterocycles. The largest absolute Gasteiger partial charge is 0.449 e. The van der Waals surface area contributed by atoms with Crippen LogP contribution in [0.15, 0.2) is 85.1 Å². The van der Waals surface area contributed by atoms with Gasteiger partial charge in [-0.25, -0.2) is 0 Å². The number of benzene rings is 2. The average molecular weight is 562 g/mol. The van der Waals surface area contributed by atoms with Crippen molar-refractivity contribution < 1.29 is 14.0 Å². The van der Waals surface area contributed by atoms with Crippen molar-refractivity contribution in [3.63, 3.8) is 0 Å². The van der Waals surface area contributed by atoms with Crippen molar-refractivity contribution in [3.8, 4) is 0 Å². The summed E-state index contributed by atoms with van der Waals surface area (Å²) in [6, 6.07) is 18.2. The number of hydrogen-bond donors (Lipinski definition) is 0. The summed E-state index contributed by atoms with van der Waals surface area (Å²) in [5, 5.41) is 1.42. The summed E-state index contributed by atoms with van der Waals surface area (Å²) in [7, 11) is 0. The highest BCUT2D eigenvalue weighted by Crippen LogP contribution is 2.37. The van der Waals surface area contributed by atoms with E-state index in [0.717, 1.165) is 4.90 Å². The van der Waals surface area contributed by atoms with E-state index in [9.17, 15) is 9.59 Å². The normalized spacial score (nSPS) is 15.6. The maximum absolute atomic E-state index is 13.4. The predicted octanol–water partition coefficient (Wildman–Crippen LogP) is 6.80. The molecule has 1 aliphatic heterocycles. The number of furan rings is 1. The number of amides is 2. The lowest BCUT2D eigenvalue weighted by Gasteiger charge is -2.36. The van der Waals surface area contributed by atoms with E-state index >= 15 is 0 Å². The molecule has 1 aliphatic rings. The highest BCUT2D eigenvalue weighted by Gasteiger charge is 2.40. The number of carbonyl (C=O) groups excluding carboxylic acids is 2. The molecule has 1 fully saturated rings. The number of carbonyl (C=O) groups is 2. The van der Waals surface area contributed by atoms with Crippen LogP contribution in [-0.4, -0.2) is 28.4 Å². The fourth-order valence-corrected chi connectivity index (χ4v) is 5.08. The van der Waals surface area contributed by atoms with Crippen LogP contribution in [0.25, 0.3) is 6.08 Å². The van der Waals surface area contributed by atoms with Crippen molar-refractivity contribution in [2.75, 3.05) is 11.4 Å². The number of nitrogens with zero attached hydrogens (tertiary/aromatic N) is 2. The number of rotatable bonds is 6. The molecular weight excluding hydrogens is 544 g/mol. The van der Waals surface area contributed by atoms with E-state index in [4.69, 9.17) is 28.2 Å². The zero-order valence-electron chi connectivity index (χ0n) is 17.5. The first-order valence-corrected chi connectivity index (χ1v) is 12.5. The minimum absolute atomic E-state index is 0.00908. The first-order valence-electron chi connectivity index (χ1n) is 10.1. The molecule has 0 radical (unpaired) electrons. The number of halogens is 2. The minimum atomic E-state index is -0.483. The summed E-state index contributed by atoms with van der Waals surface area (Å²) in [6.45, 7) is 2.36. The molecule has 0 atom stereocenters. The second-order valence-corrected chi connectivity index (χ2v) is 9.82. The monoisotopic (exact) mass is 560 g/mol. The van der Waals surface area contributed by atoms with Crippen LogP contribution in [0, 0.1) is 0 Å². The molecule has 0 spiro atoms. The fraction of sp³-hybridized carbons (Fsp3) is 0.125. The van der Waals surface area contributed by atoms with Gasteiger partial charge in [-0.2, -0.15) is 0 Å². The Morgan fingerprint density at radius 3 is 2.45 bits per heavy atom. The summed E-state index contributed by atoms with van der Waals surface area (Å²) < 4.78 is 6.66. The Kier molecular flexibility index (Phi) is 7.38. The Balaban J connectivity index is 1.69. The van der Waals surface area contributed by atoms with E-state index in [1.54, 1.807) is 30.3 Å². The standard InChI is InChI=1S/C24H18BrClN2O3S2/c1-2-12-27-21(29)19(22(30)28(24(27)32)16-6-4-3-5-7-16)13-17-14-20(25)23(31-17)33-18-10-8-15(26)9-11-18/h3-11,13-14H,2,12H2,1H3/b19-13+. The van der Waals surface area contributed by atoms with Gasteiger partial charge in [0, 0.05) is 16.5 Å². The van der Waals surface area contributed by atoms with Gasteiger partial charge in [-0.05, 0) is 83.1 Å². The molecule has 168 valence electrons. The molecule has 5 nitrogen and oxygen atoms in total. The molecule has 3 aromatic rings. The SMILES string of the molecule is CCCN1C(=O)/C(=C\c2cc(Br)c(Sc3ccc(Cl)cc3)o2)C(=O)N(c2ccccc2)C1=S. The van der Waals surface area contributed by atoms with Crippen LogP contribution in [-0.2, 0) is 9.59 Å². The van der Waals surface area contributed by atoms with Crippen LogP contribution in [0.3, 0.4) is 0 Å². The third-order valence-electron chi connectivity index (χ3n) is 4.78. The Hall–Kier alpha value is -2.39. The lowest BCUT2D eigenvalue weighted by Crippen LogP contribution is -2.56. The second kappa shape index (κ2) is 10.3. The van der Waals surface area contributed by atoms with Gasteiger partial charge in [-0.15, -0.1) is 0 Å². The van der Waals surface area contributed by atoms with Gasteiger partial charge in [-0.1, -0.05) is 48.5 Å². The van der Waals surface area contributed by atoms with Gasteiger partial charge in [-0.3, -0.25) is 19.4 Å². The van der Waals surface area contributed by atoms with Gasteiger partial charge in [0.2, 0.25) is 0 Å². The smallest absolute Gasteiger partial charge is 0.270 e. The van der Waals surface area contributed by atoms with Gasteiger partial charge in [0.15, 0.2) is 10.2 Å². The third kappa shape index (κ3) is 5.09. The van der Waals surface area contributed by atoms with Crippen LogP contribution in [0.5, 0.6) is 0 Å². The van der Waals surface area contributed by atoms with E-state index in [2.05, 4.69) is 15.9 Å². The van der Waals surface area contributed by atoms with E-state index in [1.165, 1.54) is 27.6 Å². The molecular formula is C24H18BrClN2O3S2. The molecule has 0 bridgehead atoms. The van der Waals surface area contributed by atoms with Crippen LogP contribution >= 0.6 is 51.5 Å². The van der Waals surface area contributed by atoms with Crippen molar-refractivity contribution in [1.29, 1.82) is 0 Å². The first-order chi connectivity index (χ1) is 15.9. The van der Waals surface area contributed by atoms with E-state index < -0.39 is 11.8 Å². The predicted molar refractivity (Wildman–Crippen MR) is 138 cm³/mol. The molecule has 0 N–H and O–H groups in total. The minimum Gasteiger partial charge on any atom is -0.449 e. The quantitative estimate of drug-likeness (QED) is 0.188. The maximum atomic E-state index is 13.4. The van der Waals surface area contributed by atoms with Crippen molar-refractivity contribution in [3.05, 3.63) is 81.5 Å². The maximum Gasteiger partial charge on any atom is 0.270 e. The van der Waals surface area contributed by atoms with E-state index in [0.29, 0.717) is 39.0 Å². The third-order valence-corrected chi connectivity index (χ3v) is 7.28. The molecule has 4 rings (SSSR count). The van der Waals surface area contributed by atoms with Gasteiger partial charge < -0.3 is 4.42 Å². The van der Waals surface area contributed by atoms with Crippen molar-refractivity contribution in [1.82, 2.24) is 4.90 Å². The van der Waals surface area contributed by atoms with Crippen LogP contribution in [0.4, 0.5) is 5.69 Å². The number of para-hydroxylation sites is 1. The highest BCUT2D eigenvalue weighted by molar-refractivity contribution is 9.10. The fourth-order valence-electron chi connectivity index (χ4n) is 3.26. The molecule has 0 unspecified atom stereocenters. The van der Waals surface area contributed by atoms with Gasteiger partial charge in [0.25, 0.3) is 11.8 Å².